The van der Waals surface area contributed by atoms with Gasteiger partial charge in [-0.15, -0.1) is 0 Å². The first kappa shape index (κ1) is 17.0. The molecule has 0 N–H and O–H groups in total. The van der Waals surface area contributed by atoms with E-state index in [0.29, 0.717) is 5.78 Å². The first-order valence-corrected chi connectivity index (χ1v) is 8.56. The van der Waals surface area contributed by atoms with Crippen LogP contribution in [-0.2, 0) is 4.79 Å². The molecule has 17 heavy (non-hydrogen) atoms. The fraction of sp³-hybridized carbons (Fsp3) is 0.933. The molecule has 0 fully saturated rings. The van der Waals surface area contributed by atoms with Gasteiger partial charge in [-0.2, -0.15) is 11.8 Å². The maximum atomic E-state index is 11.5. The van der Waals surface area contributed by atoms with Crippen LogP contribution in [0.15, 0.2) is 0 Å². The molecule has 0 amide bonds. The summed E-state index contributed by atoms with van der Waals surface area (Å²) in [6.45, 7) is 4.41. The third-order valence-electron chi connectivity index (χ3n) is 2.92. The van der Waals surface area contributed by atoms with E-state index >= 15 is 0 Å². The van der Waals surface area contributed by atoms with E-state index in [2.05, 4.69) is 13.8 Å². The molecule has 0 atom stereocenters. The van der Waals surface area contributed by atoms with Crippen molar-refractivity contribution in [1.82, 2.24) is 0 Å². The standard InChI is InChI=1S/C15H30OS/c1-3-5-6-7-8-9-10-11-12-15(16)14-17-13-4-2/h3-14H2,1-2H3. The highest BCUT2D eigenvalue weighted by atomic mass is 32.2. The monoisotopic (exact) mass is 258 g/mol. The van der Waals surface area contributed by atoms with Crippen LogP contribution < -0.4 is 0 Å². The van der Waals surface area contributed by atoms with Crippen LogP contribution in [-0.4, -0.2) is 17.3 Å². The summed E-state index contributed by atoms with van der Waals surface area (Å²) in [5, 5.41) is 0. The van der Waals surface area contributed by atoms with Gasteiger partial charge in [0, 0.05) is 6.42 Å². The van der Waals surface area contributed by atoms with Gasteiger partial charge >= 0.3 is 0 Å². The Balaban J connectivity index is 3.08. The lowest BCUT2D eigenvalue weighted by Gasteiger charge is -2.02. The van der Waals surface area contributed by atoms with Gasteiger partial charge in [-0.1, -0.05) is 58.8 Å². The van der Waals surface area contributed by atoms with Gasteiger partial charge in [-0.3, -0.25) is 4.79 Å². The number of carbonyl (C=O) groups excluding carboxylic acids is 1. The first-order valence-electron chi connectivity index (χ1n) is 7.40. The molecular formula is C15H30OS. The highest BCUT2D eigenvalue weighted by molar-refractivity contribution is 7.99. The second-order valence-electron chi connectivity index (χ2n) is 4.82. The molecule has 0 saturated heterocycles. The predicted molar refractivity (Wildman–Crippen MR) is 79.9 cm³/mol. The van der Waals surface area contributed by atoms with Crippen LogP contribution in [0.5, 0.6) is 0 Å². The summed E-state index contributed by atoms with van der Waals surface area (Å²) in [5.74, 6) is 2.32. The van der Waals surface area contributed by atoms with E-state index in [1.807, 2.05) is 0 Å². The Morgan fingerprint density at radius 3 is 2.00 bits per heavy atom. The van der Waals surface area contributed by atoms with Gasteiger partial charge in [0.1, 0.15) is 5.78 Å². The zero-order valence-electron chi connectivity index (χ0n) is 11.8. The number of carbonyl (C=O) groups is 1. The molecule has 0 aliphatic rings. The summed E-state index contributed by atoms with van der Waals surface area (Å²) in [6.07, 6.45) is 12.5. The molecule has 0 unspecified atom stereocenters. The van der Waals surface area contributed by atoms with E-state index in [9.17, 15) is 4.79 Å². The third kappa shape index (κ3) is 14.0. The Morgan fingerprint density at radius 1 is 0.824 bits per heavy atom. The van der Waals surface area contributed by atoms with E-state index < -0.39 is 0 Å². The second-order valence-corrected chi connectivity index (χ2v) is 5.92. The Bertz CT molecular complexity index is 168. The molecular weight excluding hydrogens is 228 g/mol. The van der Waals surface area contributed by atoms with Gasteiger partial charge in [0.15, 0.2) is 0 Å². The molecule has 1 nitrogen and oxygen atoms in total. The van der Waals surface area contributed by atoms with Crippen LogP contribution in [0.4, 0.5) is 0 Å². The van der Waals surface area contributed by atoms with Crippen molar-refractivity contribution in [2.24, 2.45) is 0 Å². The van der Waals surface area contributed by atoms with Gasteiger partial charge in [0.05, 0.1) is 5.75 Å². The van der Waals surface area contributed by atoms with Crippen molar-refractivity contribution in [3.63, 3.8) is 0 Å². The third-order valence-corrected chi connectivity index (χ3v) is 4.14. The minimum Gasteiger partial charge on any atom is -0.299 e. The maximum absolute atomic E-state index is 11.5. The fourth-order valence-corrected chi connectivity index (χ4v) is 2.66. The van der Waals surface area contributed by atoms with Crippen LogP contribution in [0.2, 0.25) is 0 Å². The van der Waals surface area contributed by atoms with E-state index in [0.717, 1.165) is 24.3 Å². The van der Waals surface area contributed by atoms with Crippen molar-refractivity contribution >= 4 is 17.5 Å². The van der Waals surface area contributed by atoms with Crippen molar-refractivity contribution in [1.29, 1.82) is 0 Å². The lowest BCUT2D eigenvalue weighted by atomic mass is 10.1. The number of unbranched alkanes of at least 4 members (excludes halogenated alkanes) is 7. The molecule has 102 valence electrons. The molecule has 2 heteroatoms. The number of Topliss-reactive ketones (excluding diaryl/α,β-unsaturated/α-hetero) is 1. The van der Waals surface area contributed by atoms with Crippen LogP contribution in [0, 0.1) is 0 Å². The van der Waals surface area contributed by atoms with Crippen molar-refractivity contribution in [2.75, 3.05) is 11.5 Å². The van der Waals surface area contributed by atoms with Gasteiger partial charge in [-0.05, 0) is 18.6 Å². The van der Waals surface area contributed by atoms with E-state index in [-0.39, 0.29) is 0 Å². The molecule has 0 aliphatic heterocycles. The number of hydrogen-bond acceptors (Lipinski definition) is 2. The van der Waals surface area contributed by atoms with Crippen LogP contribution >= 0.6 is 11.8 Å². The number of ketones is 1. The van der Waals surface area contributed by atoms with E-state index in [1.54, 1.807) is 11.8 Å². The zero-order valence-corrected chi connectivity index (χ0v) is 12.6. The number of rotatable bonds is 13. The Kier molecular flexibility index (Phi) is 14.1. The van der Waals surface area contributed by atoms with Crippen LogP contribution in [0.3, 0.4) is 0 Å². The predicted octanol–water partition coefficient (Wildman–Crippen LogP) is 5.23. The second kappa shape index (κ2) is 14.1. The number of hydrogen-bond donors (Lipinski definition) is 0. The summed E-state index contributed by atoms with van der Waals surface area (Å²) < 4.78 is 0. The van der Waals surface area contributed by atoms with Crippen molar-refractivity contribution in [2.45, 2.75) is 78.1 Å². The molecule has 0 radical (unpaired) electrons. The summed E-state index contributed by atoms with van der Waals surface area (Å²) in [4.78, 5) is 11.5. The Labute approximate surface area is 112 Å². The van der Waals surface area contributed by atoms with Gasteiger partial charge in [-0.25, -0.2) is 0 Å². The van der Waals surface area contributed by atoms with Gasteiger partial charge in [0.25, 0.3) is 0 Å². The molecule has 0 aromatic heterocycles. The molecule has 0 bridgehead atoms. The minimum absolute atomic E-state index is 0.453. The van der Waals surface area contributed by atoms with Crippen molar-refractivity contribution in [3.8, 4) is 0 Å². The molecule has 0 aromatic rings. The topological polar surface area (TPSA) is 17.1 Å². The molecule has 0 heterocycles. The number of thioether (sulfide) groups is 1. The minimum atomic E-state index is 0.453. The molecule has 0 aromatic carbocycles. The van der Waals surface area contributed by atoms with E-state index in [1.165, 1.54) is 51.4 Å². The average Bonchev–Trinajstić information content (AvgIpc) is 2.33. The van der Waals surface area contributed by atoms with Gasteiger partial charge < -0.3 is 0 Å². The fourth-order valence-electron chi connectivity index (χ4n) is 1.86. The average molecular weight is 258 g/mol. The SMILES string of the molecule is CCCCCCCCCCC(=O)CSCCC. The van der Waals surface area contributed by atoms with Gasteiger partial charge in [0.2, 0.25) is 0 Å². The Hall–Kier alpha value is 0.0200. The molecule has 0 spiro atoms. The quantitative estimate of drug-likeness (QED) is 0.421. The van der Waals surface area contributed by atoms with Crippen molar-refractivity contribution in [3.05, 3.63) is 0 Å². The smallest absolute Gasteiger partial charge is 0.142 e. The molecule has 0 rings (SSSR count). The lowest BCUT2D eigenvalue weighted by Crippen LogP contribution is -2.01. The van der Waals surface area contributed by atoms with Crippen LogP contribution in [0.1, 0.15) is 78.1 Å². The zero-order chi connectivity index (χ0) is 12.8. The summed E-state index contributed by atoms with van der Waals surface area (Å²) in [7, 11) is 0. The van der Waals surface area contributed by atoms with Crippen molar-refractivity contribution < 1.29 is 4.79 Å². The summed E-state index contributed by atoms with van der Waals surface area (Å²) in [6, 6.07) is 0. The normalized spacial score (nSPS) is 10.7. The first-order chi connectivity index (χ1) is 8.31. The van der Waals surface area contributed by atoms with Crippen LogP contribution in [0.25, 0.3) is 0 Å². The molecule has 0 saturated carbocycles. The largest absolute Gasteiger partial charge is 0.299 e. The lowest BCUT2D eigenvalue weighted by molar-refractivity contribution is -0.116. The highest BCUT2D eigenvalue weighted by Gasteiger charge is 2.01. The summed E-state index contributed by atoms with van der Waals surface area (Å²) >= 11 is 1.79. The summed E-state index contributed by atoms with van der Waals surface area (Å²) in [5.41, 5.74) is 0. The highest BCUT2D eigenvalue weighted by Crippen LogP contribution is 2.11. The van der Waals surface area contributed by atoms with E-state index in [4.69, 9.17) is 0 Å². The maximum Gasteiger partial charge on any atom is 0.142 e. The molecule has 0 aliphatic carbocycles. The Morgan fingerprint density at radius 2 is 1.41 bits per heavy atom.